The molecule has 0 saturated heterocycles. The number of carbonyl (C=O) groups is 1. The van der Waals surface area contributed by atoms with Crippen molar-refractivity contribution in [2.75, 3.05) is 7.11 Å². The Morgan fingerprint density at radius 3 is 2.77 bits per heavy atom. The van der Waals surface area contributed by atoms with E-state index in [1.54, 1.807) is 0 Å². The van der Waals surface area contributed by atoms with Crippen molar-refractivity contribution in [3.05, 3.63) is 0 Å². The molecule has 0 aliphatic heterocycles. The highest BCUT2D eigenvalue weighted by Gasteiger charge is 2.23. The Labute approximate surface area is 79.1 Å². The first-order valence-corrected chi connectivity index (χ1v) is 4.99. The summed E-state index contributed by atoms with van der Waals surface area (Å²) < 4.78 is 4.56. The predicted molar refractivity (Wildman–Crippen MR) is 49.2 cm³/mol. The van der Waals surface area contributed by atoms with Crippen LogP contribution in [-0.2, 0) is 9.53 Å². The van der Waals surface area contributed by atoms with E-state index in [1.807, 2.05) is 0 Å². The number of aliphatic hydroxyl groups excluding tert-OH is 1. The van der Waals surface area contributed by atoms with Crippen LogP contribution in [0.1, 0.15) is 38.5 Å². The highest BCUT2D eigenvalue weighted by Crippen LogP contribution is 2.27. The minimum absolute atomic E-state index is 0.169. The van der Waals surface area contributed by atoms with Gasteiger partial charge in [-0.1, -0.05) is 12.8 Å². The summed E-state index contributed by atoms with van der Waals surface area (Å²) in [6, 6.07) is 0. The molecule has 0 unspecified atom stereocenters. The molecular formula is C10H18O3. The van der Waals surface area contributed by atoms with Gasteiger partial charge in [0.1, 0.15) is 0 Å². The number of hydrogen-bond acceptors (Lipinski definition) is 3. The van der Waals surface area contributed by atoms with Gasteiger partial charge >= 0.3 is 5.97 Å². The predicted octanol–water partition coefficient (Wildman–Crippen LogP) is 1.49. The SMILES string of the molecule is COC(=O)CC[C@H]1CCCC[C@@H]1O. The number of aliphatic hydroxyl groups is 1. The van der Waals surface area contributed by atoms with E-state index in [0.29, 0.717) is 12.3 Å². The molecule has 0 radical (unpaired) electrons. The van der Waals surface area contributed by atoms with E-state index >= 15 is 0 Å². The minimum Gasteiger partial charge on any atom is -0.469 e. The lowest BCUT2D eigenvalue weighted by atomic mass is 9.84. The first-order valence-electron chi connectivity index (χ1n) is 4.99. The molecule has 2 atom stereocenters. The van der Waals surface area contributed by atoms with Crippen molar-refractivity contribution >= 4 is 5.97 Å². The van der Waals surface area contributed by atoms with Crippen molar-refractivity contribution in [2.45, 2.75) is 44.6 Å². The Kier molecular flexibility index (Phi) is 4.22. The fraction of sp³-hybridized carbons (Fsp3) is 0.900. The summed E-state index contributed by atoms with van der Waals surface area (Å²) in [7, 11) is 1.40. The molecular weight excluding hydrogens is 168 g/mol. The fourth-order valence-corrected chi connectivity index (χ4v) is 1.93. The molecule has 3 nitrogen and oxygen atoms in total. The number of esters is 1. The maximum absolute atomic E-state index is 10.9. The van der Waals surface area contributed by atoms with Crippen LogP contribution < -0.4 is 0 Å². The molecule has 0 aromatic heterocycles. The van der Waals surface area contributed by atoms with Gasteiger partial charge in [-0.15, -0.1) is 0 Å². The average molecular weight is 186 g/mol. The second-order valence-corrected chi connectivity index (χ2v) is 3.73. The summed E-state index contributed by atoms with van der Waals surface area (Å²) in [5, 5.41) is 9.60. The van der Waals surface area contributed by atoms with Gasteiger partial charge in [-0.2, -0.15) is 0 Å². The lowest BCUT2D eigenvalue weighted by molar-refractivity contribution is -0.141. The van der Waals surface area contributed by atoms with Crippen molar-refractivity contribution in [3.8, 4) is 0 Å². The quantitative estimate of drug-likeness (QED) is 0.679. The topological polar surface area (TPSA) is 46.5 Å². The molecule has 76 valence electrons. The van der Waals surface area contributed by atoms with Crippen molar-refractivity contribution in [2.24, 2.45) is 5.92 Å². The third-order valence-corrected chi connectivity index (χ3v) is 2.82. The van der Waals surface area contributed by atoms with Crippen molar-refractivity contribution < 1.29 is 14.6 Å². The summed E-state index contributed by atoms with van der Waals surface area (Å²) >= 11 is 0. The monoisotopic (exact) mass is 186 g/mol. The Morgan fingerprint density at radius 2 is 2.15 bits per heavy atom. The van der Waals surface area contributed by atoms with Gasteiger partial charge in [0.2, 0.25) is 0 Å². The third kappa shape index (κ3) is 3.35. The van der Waals surface area contributed by atoms with Crippen molar-refractivity contribution in [3.63, 3.8) is 0 Å². The number of hydrogen-bond donors (Lipinski definition) is 1. The van der Waals surface area contributed by atoms with Gasteiger partial charge in [-0.3, -0.25) is 4.79 Å². The maximum Gasteiger partial charge on any atom is 0.305 e. The van der Waals surface area contributed by atoms with Crippen LogP contribution in [0.15, 0.2) is 0 Å². The standard InChI is InChI=1S/C10H18O3/c1-13-10(12)7-6-8-4-2-3-5-9(8)11/h8-9,11H,2-7H2,1H3/t8-,9+/m1/s1. The molecule has 1 rings (SSSR count). The number of methoxy groups -OCH3 is 1. The number of ether oxygens (including phenoxy) is 1. The van der Waals surface area contributed by atoms with E-state index in [9.17, 15) is 9.90 Å². The van der Waals surface area contributed by atoms with Crippen LogP contribution >= 0.6 is 0 Å². The third-order valence-electron chi connectivity index (χ3n) is 2.82. The first kappa shape index (κ1) is 10.5. The zero-order valence-electron chi connectivity index (χ0n) is 8.16. The summed E-state index contributed by atoms with van der Waals surface area (Å²) in [5.74, 6) is 0.144. The van der Waals surface area contributed by atoms with Gasteiger partial charge in [0.15, 0.2) is 0 Å². The molecule has 0 heterocycles. The molecule has 0 aromatic carbocycles. The van der Waals surface area contributed by atoms with Gasteiger partial charge in [-0.05, 0) is 25.2 Å². The highest BCUT2D eigenvalue weighted by atomic mass is 16.5. The molecule has 1 N–H and O–H groups in total. The van der Waals surface area contributed by atoms with Crippen LogP contribution in [0.4, 0.5) is 0 Å². The molecule has 1 saturated carbocycles. The van der Waals surface area contributed by atoms with Gasteiger partial charge in [0, 0.05) is 6.42 Å². The average Bonchev–Trinajstić information content (AvgIpc) is 2.16. The Balaban J connectivity index is 2.22. The van der Waals surface area contributed by atoms with E-state index in [4.69, 9.17) is 0 Å². The minimum atomic E-state index is -0.196. The van der Waals surface area contributed by atoms with Crippen LogP contribution in [0, 0.1) is 5.92 Å². The van der Waals surface area contributed by atoms with E-state index in [0.717, 1.165) is 25.7 Å². The number of carbonyl (C=O) groups excluding carboxylic acids is 1. The van der Waals surface area contributed by atoms with Crippen LogP contribution in [-0.4, -0.2) is 24.3 Å². The van der Waals surface area contributed by atoms with Crippen molar-refractivity contribution in [1.29, 1.82) is 0 Å². The van der Waals surface area contributed by atoms with Crippen LogP contribution in [0.5, 0.6) is 0 Å². The molecule has 0 bridgehead atoms. The van der Waals surface area contributed by atoms with E-state index in [1.165, 1.54) is 13.5 Å². The van der Waals surface area contributed by atoms with Gasteiger partial charge < -0.3 is 9.84 Å². The van der Waals surface area contributed by atoms with E-state index in [-0.39, 0.29) is 12.1 Å². The molecule has 1 aliphatic carbocycles. The van der Waals surface area contributed by atoms with Gasteiger partial charge in [0.05, 0.1) is 13.2 Å². The fourth-order valence-electron chi connectivity index (χ4n) is 1.93. The summed E-state index contributed by atoms with van der Waals surface area (Å²) in [4.78, 5) is 10.9. The summed E-state index contributed by atoms with van der Waals surface area (Å²) in [6.45, 7) is 0. The molecule has 0 amide bonds. The molecule has 13 heavy (non-hydrogen) atoms. The maximum atomic E-state index is 10.9. The summed E-state index contributed by atoms with van der Waals surface area (Å²) in [6.07, 6.45) is 5.27. The van der Waals surface area contributed by atoms with Gasteiger partial charge in [-0.25, -0.2) is 0 Å². The highest BCUT2D eigenvalue weighted by molar-refractivity contribution is 5.69. The van der Waals surface area contributed by atoms with E-state index in [2.05, 4.69) is 4.74 Å². The normalized spacial score (nSPS) is 28.5. The lowest BCUT2D eigenvalue weighted by Gasteiger charge is -2.26. The van der Waals surface area contributed by atoms with Crippen LogP contribution in [0.2, 0.25) is 0 Å². The second kappa shape index (κ2) is 5.22. The molecule has 0 spiro atoms. The zero-order chi connectivity index (χ0) is 9.68. The van der Waals surface area contributed by atoms with Crippen LogP contribution in [0.25, 0.3) is 0 Å². The van der Waals surface area contributed by atoms with E-state index < -0.39 is 0 Å². The Morgan fingerprint density at radius 1 is 1.46 bits per heavy atom. The molecule has 1 fully saturated rings. The first-order chi connectivity index (χ1) is 6.24. The lowest BCUT2D eigenvalue weighted by Crippen LogP contribution is -2.25. The largest absolute Gasteiger partial charge is 0.469 e. The molecule has 3 heteroatoms. The van der Waals surface area contributed by atoms with Gasteiger partial charge in [0.25, 0.3) is 0 Å². The van der Waals surface area contributed by atoms with Crippen LogP contribution in [0.3, 0.4) is 0 Å². The molecule has 1 aliphatic rings. The second-order valence-electron chi connectivity index (χ2n) is 3.73. The Hall–Kier alpha value is -0.570. The summed E-state index contributed by atoms with van der Waals surface area (Å²) in [5.41, 5.74) is 0. The smallest absolute Gasteiger partial charge is 0.305 e. The number of rotatable bonds is 3. The zero-order valence-corrected chi connectivity index (χ0v) is 8.16. The van der Waals surface area contributed by atoms with Crippen molar-refractivity contribution in [1.82, 2.24) is 0 Å². The Bertz CT molecular complexity index is 168. The molecule has 0 aromatic rings.